The molecular weight excluding hydrogens is 622 g/mol. The topological polar surface area (TPSA) is 181 Å². The fourth-order valence-electron chi connectivity index (χ4n) is 5.57. The third-order valence-corrected chi connectivity index (χ3v) is 9.36. The zero-order valence-electron chi connectivity index (χ0n) is 25.5. The highest BCUT2D eigenvalue weighted by Crippen LogP contribution is 2.33. The third kappa shape index (κ3) is 6.87. The minimum Gasteiger partial charge on any atom is -0.387 e. The lowest BCUT2D eigenvalue weighted by Gasteiger charge is -2.20. The fourth-order valence-corrected chi connectivity index (χ4v) is 6.57. The van der Waals surface area contributed by atoms with E-state index in [0.29, 0.717) is 24.4 Å². The van der Waals surface area contributed by atoms with Crippen molar-refractivity contribution < 1.29 is 28.2 Å². The average molecular weight is 658 g/mol. The van der Waals surface area contributed by atoms with Gasteiger partial charge in [-0.25, -0.2) is 28.1 Å². The molecule has 0 bridgehead atoms. The van der Waals surface area contributed by atoms with E-state index >= 15 is 0 Å². The van der Waals surface area contributed by atoms with Gasteiger partial charge in [0.15, 0.2) is 29.3 Å². The Morgan fingerprint density at radius 3 is 2.15 bits per heavy atom. The molecule has 13 nitrogen and oxygen atoms in total. The van der Waals surface area contributed by atoms with Crippen LogP contribution in [0.25, 0.3) is 11.2 Å². The summed E-state index contributed by atoms with van der Waals surface area (Å²) < 4.78 is 35.8. The number of aliphatic hydroxyl groups is 2. The first kappa shape index (κ1) is 32.2. The van der Waals surface area contributed by atoms with Gasteiger partial charge < -0.3 is 25.6 Å². The largest absolute Gasteiger partial charge is 0.387 e. The molecule has 4 atom stereocenters. The van der Waals surface area contributed by atoms with Gasteiger partial charge in [0.1, 0.15) is 18.0 Å². The monoisotopic (exact) mass is 657 g/mol. The number of carbonyl (C=O) groups excluding carboxylic acids is 1. The van der Waals surface area contributed by atoms with Gasteiger partial charge in [0.25, 0.3) is 5.91 Å². The number of anilines is 1. The zero-order valence-corrected chi connectivity index (χ0v) is 26.3. The Hall–Kier alpha value is -4.73. The van der Waals surface area contributed by atoms with Crippen molar-refractivity contribution in [1.82, 2.24) is 29.6 Å². The van der Waals surface area contributed by atoms with Crippen molar-refractivity contribution in [2.75, 3.05) is 18.4 Å². The molecule has 1 saturated heterocycles. The van der Waals surface area contributed by atoms with Gasteiger partial charge in [0.2, 0.25) is 10.0 Å². The van der Waals surface area contributed by atoms with Crippen LogP contribution in [-0.4, -0.2) is 75.5 Å². The number of ether oxygens (including phenoxy) is 1. The molecule has 2 aromatic heterocycles. The van der Waals surface area contributed by atoms with Gasteiger partial charge in [-0.05, 0) is 30.2 Å². The predicted octanol–water partition coefficient (Wildman–Crippen LogP) is 2.30. The highest BCUT2D eigenvalue weighted by atomic mass is 32.2. The van der Waals surface area contributed by atoms with Crippen molar-refractivity contribution in [1.29, 1.82) is 0 Å². The zero-order chi connectivity index (χ0) is 33.0. The van der Waals surface area contributed by atoms with Crippen molar-refractivity contribution in [3.63, 3.8) is 0 Å². The number of amides is 1. The van der Waals surface area contributed by atoms with Crippen LogP contribution in [0.5, 0.6) is 0 Å². The summed E-state index contributed by atoms with van der Waals surface area (Å²) in [5, 5.41) is 27.6. The number of fused-ring (bicyclic) bond motifs is 1. The molecule has 14 heteroatoms. The smallest absolute Gasteiger partial charge is 0.252 e. The summed E-state index contributed by atoms with van der Waals surface area (Å²) in [5.41, 5.74) is 2.68. The molecule has 0 saturated carbocycles. The number of hydrogen-bond donors (Lipinski definition) is 5. The van der Waals surface area contributed by atoms with Gasteiger partial charge in [0, 0.05) is 19.0 Å². The molecule has 4 unspecified atom stereocenters. The Morgan fingerprint density at radius 2 is 1.53 bits per heavy atom. The van der Waals surface area contributed by atoms with Crippen molar-refractivity contribution in [2.45, 2.75) is 48.8 Å². The predicted molar refractivity (Wildman–Crippen MR) is 174 cm³/mol. The minimum atomic E-state index is -3.89. The maximum Gasteiger partial charge on any atom is 0.252 e. The second kappa shape index (κ2) is 13.9. The van der Waals surface area contributed by atoms with E-state index in [1.807, 2.05) is 60.7 Å². The first-order valence-electron chi connectivity index (χ1n) is 15.2. The number of carbonyl (C=O) groups is 1. The van der Waals surface area contributed by atoms with Crippen LogP contribution < -0.4 is 15.4 Å². The SMILES string of the molecule is CCNC(=O)C1OC(n2cnc3c(NCC(c4ccccc4)c4ccccc4)nc(CNS(=O)(=O)c4ccccc4)nc32)C(O)C1O. The fraction of sp³-hybridized carbons (Fsp3) is 0.273. The molecule has 0 radical (unpaired) electrons. The molecule has 0 aliphatic carbocycles. The van der Waals surface area contributed by atoms with Crippen LogP contribution in [0.1, 0.15) is 36.0 Å². The lowest BCUT2D eigenvalue weighted by Crippen LogP contribution is -2.42. The molecule has 47 heavy (non-hydrogen) atoms. The lowest BCUT2D eigenvalue weighted by molar-refractivity contribution is -0.137. The Labute approximate surface area is 271 Å². The molecule has 0 spiro atoms. The number of hydrogen-bond acceptors (Lipinski definition) is 10. The van der Waals surface area contributed by atoms with E-state index in [9.17, 15) is 23.4 Å². The van der Waals surface area contributed by atoms with Crippen LogP contribution in [0, 0.1) is 0 Å². The molecule has 5 aromatic rings. The van der Waals surface area contributed by atoms with Crippen LogP contribution >= 0.6 is 0 Å². The number of rotatable bonds is 12. The van der Waals surface area contributed by atoms with Crippen molar-refractivity contribution in [2.24, 2.45) is 0 Å². The molecule has 1 amide bonds. The maximum atomic E-state index is 13.0. The normalized spacial score (nSPS) is 19.7. The second-order valence-electron chi connectivity index (χ2n) is 11.0. The van der Waals surface area contributed by atoms with Gasteiger partial charge in [-0.3, -0.25) is 9.36 Å². The summed E-state index contributed by atoms with van der Waals surface area (Å²) in [4.78, 5) is 26.4. The van der Waals surface area contributed by atoms with Gasteiger partial charge in [0.05, 0.1) is 17.8 Å². The summed E-state index contributed by atoms with van der Waals surface area (Å²) in [7, 11) is -3.89. The Morgan fingerprint density at radius 1 is 0.915 bits per heavy atom. The van der Waals surface area contributed by atoms with E-state index in [1.54, 1.807) is 25.1 Å². The standard InChI is InChI=1S/C33H35N7O6S/c1-2-34-32(43)29-27(41)28(42)33(46-29)40-20-36-26-30(35-18-24(21-12-6-3-7-13-21)22-14-8-4-9-15-22)38-25(39-31(26)40)19-37-47(44,45)23-16-10-5-11-17-23/h3-17,20,24,27-29,33,37,41-42H,2,18-19H2,1H3,(H,34,43)(H,35,38,39). The second-order valence-corrected chi connectivity index (χ2v) is 12.8. The van der Waals surface area contributed by atoms with Gasteiger partial charge in [-0.1, -0.05) is 78.9 Å². The summed E-state index contributed by atoms with van der Waals surface area (Å²) in [5.74, 6) is -0.192. The van der Waals surface area contributed by atoms with Crippen molar-refractivity contribution in [3.05, 3.63) is 114 Å². The third-order valence-electron chi connectivity index (χ3n) is 7.94. The van der Waals surface area contributed by atoms with E-state index < -0.39 is 40.5 Å². The molecule has 1 aliphatic heterocycles. The van der Waals surface area contributed by atoms with Crippen LogP contribution in [0.3, 0.4) is 0 Å². The van der Waals surface area contributed by atoms with Crippen LogP contribution in [0.15, 0.2) is 102 Å². The van der Waals surface area contributed by atoms with Crippen molar-refractivity contribution >= 4 is 32.9 Å². The number of likely N-dealkylation sites (N-methyl/N-ethyl adjacent to an activating group) is 1. The van der Waals surface area contributed by atoms with Crippen LogP contribution in [-0.2, 0) is 26.1 Å². The molecule has 6 rings (SSSR count). The Bertz CT molecular complexity index is 1890. The summed E-state index contributed by atoms with van der Waals surface area (Å²) >= 11 is 0. The number of aromatic nitrogens is 4. The molecule has 3 heterocycles. The summed E-state index contributed by atoms with van der Waals surface area (Å²) in [6.45, 7) is 2.20. The number of nitrogens with zero attached hydrogens (tertiary/aromatic N) is 4. The van der Waals surface area contributed by atoms with E-state index in [4.69, 9.17) is 4.74 Å². The van der Waals surface area contributed by atoms with E-state index in [2.05, 4.69) is 30.3 Å². The van der Waals surface area contributed by atoms with Crippen LogP contribution in [0.4, 0.5) is 5.82 Å². The number of imidazole rings is 1. The number of nitrogens with one attached hydrogen (secondary N) is 3. The summed E-state index contributed by atoms with van der Waals surface area (Å²) in [6.07, 6.45) is -4.12. The number of sulfonamides is 1. The quantitative estimate of drug-likeness (QED) is 0.134. The van der Waals surface area contributed by atoms with Crippen LogP contribution in [0.2, 0.25) is 0 Å². The Balaban J connectivity index is 1.36. The minimum absolute atomic E-state index is 0.0718. The van der Waals surface area contributed by atoms with E-state index in [-0.39, 0.29) is 28.8 Å². The summed E-state index contributed by atoms with van der Waals surface area (Å²) in [6, 6.07) is 27.9. The van der Waals surface area contributed by atoms with Gasteiger partial charge in [-0.2, -0.15) is 0 Å². The molecule has 1 aliphatic rings. The average Bonchev–Trinajstić information content (AvgIpc) is 3.65. The van der Waals surface area contributed by atoms with E-state index in [0.717, 1.165) is 11.1 Å². The first-order chi connectivity index (χ1) is 22.8. The number of aliphatic hydroxyl groups excluding tert-OH is 2. The molecule has 5 N–H and O–H groups in total. The highest BCUT2D eigenvalue weighted by molar-refractivity contribution is 7.89. The molecule has 1 fully saturated rings. The molecule has 244 valence electrons. The first-order valence-corrected chi connectivity index (χ1v) is 16.7. The molecule has 3 aromatic carbocycles. The number of benzene rings is 3. The molecular formula is C33H35N7O6S. The maximum absolute atomic E-state index is 13.0. The lowest BCUT2D eigenvalue weighted by atomic mass is 9.91. The van der Waals surface area contributed by atoms with Gasteiger partial charge >= 0.3 is 0 Å². The van der Waals surface area contributed by atoms with E-state index in [1.165, 1.54) is 23.0 Å². The van der Waals surface area contributed by atoms with Gasteiger partial charge in [-0.15, -0.1) is 0 Å². The van der Waals surface area contributed by atoms with Crippen molar-refractivity contribution in [3.8, 4) is 0 Å². The Kier molecular flexibility index (Phi) is 9.56. The highest BCUT2D eigenvalue weighted by Gasteiger charge is 2.47.